The Bertz CT molecular complexity index is 587. The molecule has 2 rings (SSSR count). The molecule has 1 atom stereocenters. The minimum atomic E-state index is -0.595. The second-order valence-electron chi connectivity index (χ2n) is 4.77. The zero-order chi connectivity index (χ0) is 15.2. The number of methoxy groups -OCH3 is 1. The van der Waals surface area contributed by atoms with E-state index in [4.69, 9.17) is 10.6 Å². The quantitative estimate of drug-likeness (QED) is 0.635. The summed E-state index contributed by atoms with van der Waals surface area (Å²) in [4.78, 5) is 0. The molecule has 0 aliphatic heterocycles. The molecule has 21 heavy (non-hydrogen) atoms. The summed E-state index contributed by atoms with van der Waals surface area (Å²) < 4.78 is 31.8. The molecule has 0 fully saturated rings. The smallest absolute Gasteiger partial charge is 0.130 e. The normalized spacial score (nSPS) is 12.2. The van der Waals surface area contributed by atoms with Gasteiger partial charge < -0.3 is 4.74 Å². The second kappa shape index (κ2) is 7.15. The van der Waals surface area contributed by atoms with Gasteiger partial charge in [0.05, 0.1) is 7.11 Å². The predicted molar refractivity (Wildman–Crippen MR) is 77.7 cm³/mol. The SMILES string of the molecule is COc1ccc(CCC(NN)c2ccc(F)cc2F)cc1. The Morgan fingerprint density at radius 2 is 1.86 bits per heavy atom. The number of nitrogens with two attached hydrogens (primary N) is 1. The molecule has 2 aromatic rings. The van der Waals surface area contributed by atoms with E-state index in [1.165, 1.54) is 12.1 Å². The van der Waals surface area contributed by atoms with E-state index in [2.05, 4.69) is 5.43 Å². The van der Waals surface area contributed by atoms with Crippen molar-refractivity contribution in [3.05, 3.63) is 65.2 Å². The molecule has 5 heteroatoms. The molecular formula is C16H18F2N2O. The highest BCUT2D eigenvalue weighted by atomic mass is 19.1. The van der Waals surface area contributed by atoms with Crippen LogP contribution in [0.3, 0.4) is 0 Å². The van der Waals surface area contributed by atoms with Crippen LogP contribution in [0.1, 0.15) is 23.6 Å². The molecule has 0 saturated heterocycles. The van der Waals surface area contributed by atoms with E-state index in [1.54, 1.807) is 7.11 Å². The Kier molecular flexibility index (Phi) is 5.25. The Morgan fingerprint density at radius 3 is 2.43 bits per heavy atom. The van der Waals surface area contributed by atoms with Gasteiger partial charge in [0.2, 0.25) is 0 Å². The van der Waals surface area contributed by atoms with E-state index in [9.17, 15) is 8.78 Å². The maximum absolute atomic E-state index is 13.8. The molecule has 0 bridgehead atoms. The second-order valence-corrected chi connectivity index (χ2v) is 4.77. The lowest BCUT2D eigenvalue weighted by Crippen LogP contribution is -2.29. The van der Waals surface area contributed by atoms with Crippen molar-refractivity contribution in [2.24, 2.45) is 5.84 Å². The van der Waals surface area contributed by atoms with Gasteiger partial charge in [-0.15, -0.1) is 0 Å². The largest absolute Gasteiger partial charge is 0.497 e. The minimum Gasteiger partial charge on any atom is -0.497 e. The van der Waals surface area contributed by atoms with Gasteiger partial charge in [-0.2, -0.15) is 0 Å². The van der Waals surface area contributed by atoms with E-state index in [-0.39, 0.29) is 6.04 Å². The van der Waals surface area contributed by atoms with Crippen LogP contribution in [0.25, 0.3) is 0 Å². The van der Waals surface area contributed by atoms with Gasteiger partial charge in [-0.1, -0.05) is 18.2 Å². The highest BCUT2D eigenvalue weighted by Crippen LogP contribution is 2.22. The number of nitrogens with one attached hydrogen (secondary N) is 1. The van der Waals surface area contributed by atoms with Crippen molar-refractivity contribution >= 4 is 0 Å². The Balaban J connectivity index is 2.04. The fraction of sp³-hybridized carbons (Fsp3) is 0.250. The molecule has 0 amide bonds. The van der Waals surface area contributed by atoms with Gasteiger partial charge >= 0.3 is 0 Å². The third kappa shape index (κ3) is 4.00. The van der Waals surface area contributed by atoms with Crippen molar-refractivity contribution < 1.29 is 13.5 Å². The molecule has 1 unspecified atom stereocenters. The number of halogens is 2. The molecule has 0 radical (unpaired) electrons. The van der Waals surface area contributed by atoms with Gasteiger partial charge in [0.1, 0.15) is 17.4 Å². The Morgan fingerprint density at radius 1 is 1.14 bits per heavy atom. The number of aryl methyl sites for hydroxylation is 1. The summed E-state index contributed by atoms with van der Waals surface area (Å²) in [5.74, 6) is 5.09. The summed E-state index contributed by atoms with van der Waals surface area (Å²) in [6.07, 6.45) is 1.32. The minimum absolute atomic E-state index is 0.368. The summed E-state index contributed by atoms with van der Waals surface area (Å²) in [6, 6.07) is 10.8. The highest BCUT2D eigenvalue weighted by Gasteiger charge is 2.15. The number of rotatable bonds is 6. The van der Waals surface area contributed by atoms with Gasteiger partial charge in [0, 0.05) is 17.7 Å². The fourth-order valence-corrected chi connectivity index (χ4v) is 2.22. The molecule has 0 aromatic heterocycles. The lowest BCUT2D eigenvalue weighted by atomic mass is 9.99. The van der Waals surface area contributed by atoms with Crippen molar-refractivity contribution in [1.29, 1.82) is 0 Å². The monoisotopic (exact) mass is 292 g/mol. The molecule has 3 nitrogen and oxygen atoms in total. The van der Waals surface area contributed by atoms with E-state index in [0.29, 0.717) is 12.0 Å². The van der Waals surface area contributed by atoms with Gasteiger partial charge in [-0.05, 0) is 36.6 Å². The first-order valence-electron chi connectivity index (χ1n) is 6.68. The maximum Gasteiger partial charge on any atom is 0.130 e. The van der Waals surface area contributed by atoms with Crippen LogP contribution >= 0.6 is 0 Å². The van der Waals surface area contributed by atoms with Crippen LogP contribution < -0.4 is 16.0 Å². The average molecular weight is 292 g/mol. The van der Waals surface area contributed by atoms with Crippen molar-refractivity contribution in [2.75, 3.05) is 7.11 Å². The predicted octanol–water partition coefficient (Wildman–Crippen LogP) is 3.11. The first-order chi connectivity index (χ1) is 10.1. The number of benzene rings is 2. The number of hydrogen-bond donors (Lipinski definition) is 2. The average Bonchev–Trinajstić information content (AvgIpc) is 2.50. The van der Waals surface area contributed by atoms with Crippen LogP contribution in [-0.4, -0.2) is 7.11 Å². The third-order valence-corrected chi connectivity index (χ3v) is 3.42. The molecule has 0 heterocycles. The first kappa shape index (κ1) is 15.4. The van der Waals surface area contributed by atoms with Crippen molar-refractivity contribution in [2.45, 2.75) is 18.9 Å². The summed E-state index contributed by atoms with van der Waals surface area (Å²) in [7, 11) is 1.61. The summed E-state index contributed by atoms with van der Waals surface area (Å²) >= 11 is 0. The Hall–Kier alpha value is -1.98. The number of hydrogen-bond acceptors (Lipinski definition) is 3. The summed E-state index contributed by atoms with van der Waals surface area (Å²) in [5, 5.41) is 0. The zero-order valence-electron chi connectivity index (χ0n) is 11.8. The topological polar surface area (TPSA) is 47.3 Å². The van der Waals surface area contributed by atoms with Crippen LogP contribution in [0.2, 0.25) is 0 Å². The third-order valence-electron chi connectivity index (χ3n) is 3.42. The van der Waals surface area contributed by atoms with E-state index >= 15 is 0 Å². The number of hydrazine groups is 1. The molecule has 0 aliphatic carbocycles. The highest BCUT2D eigenvalue weighted by molar-refractivity contribution is 5.28. The van der Waals surface area contributed by atoms with E-state index < -0.39 is 11.6 Å². The zero-order valence-corrected chi connectivity index (χ0v) is 11.8. The van der Waals surface area contributed by atoms with Gasteiger partial charge in [-0.25, -0.2) is 8.78 Å². The van der Waals surface area contributed by atoms with Crippen LogP contribution in [0, 0.1) is 11.6 Å². The van der Waals surface area contributed by atoms with Gasteiger partial charge in [0.15, 0.2) is 0 Å². The van der Waals surface area contributed by atoms with Crippen LogP contribution in [0.5, 0.6) is 5.75 Å². The summed E-state index contributed by atoms with van der Waals surface area (Å²) in [6.45, 7) is 0. The number of ether oxygens (including phenoxy) is 1. The lowest BCUT2D eigenvalue weighted by molar-refractivity contribution is 0.414. The van der Waals surface area contributed by atoms with Crippen LogP contribution in [-0.2, 0) is 6.42 Å². The summed E-state index contributed by atoms with van der Waals surface area (Å²) in [5.41, 5.74) is 4.05. The molecule has 0 spiro atoms. The van der Waals surface area contributed by atoms with Crippen molar-refractivity contribution in [1.82, 2.24) is 5.43 Å². The molecule has 2 aromatic carbocycles. The van der Waals surface area contributed by atoms with E-state index in [1.807, 2.05) is 24.3 Å². The van der Waals surface area contributed by atoms with Crippen molar-refractivity contribution in [3.8, 4) is 5.75 Å². The lowest BCUT2D eigenvalue weighted by Gasteiger charge is -2.17. The van der Waals surface area contributed by atoms with Crippen molar-refractivity contribution in [3.63, 3.8) is 0 Å². The molecule has 0 aliphatic rings. The molecular weight excluding hydrogens is 274 g/mol. The fourth-order valence-electron chi connectivity index (χ4n) is 2.22. The van der Waals surface area contributed by atoms with E-state index in [0.717, 1.165) is 23.8 Å². The molecule has 112 valence electrons. The molecule has 3 N–H and O–H groups in total. The van der Waals surface area contributed by atoms with Gasteiger partial charge in [-0.3, -0.25) is 11.3 Å². The van der Waals surface area contributed by atoms with Crippen LogP contribution in [0.4, 0.5) is 8.78 Å². The standard InChI is InChI=1S/C16H18F2N2O/c1-21-13-6-2-11(3-7-13)4-9-16(20-19)14-8-5-12(17)10-15(14)18/h2-3,5-8,10,16,20H,4,9,19H2,1H3. The maximum atomic E-state index is 13.8. The molecule has 0 saturated carbocycles. The Labute approximate surface area is 122 Å². The van der Waals surface area contributed by atoms with Gasteiger partial charge in [0.25, 0.3) is 0 Å². The van der Waals surface area contributed by atoms with Crippen LogP contribution in [0.15, 0.2) is 42.5 Å². The first-order valence-corrected chi connectivity index (χ1v) is 6.68.